The van der Waals surface area contributed by atoms with Crippen LogP contribution in [-0.4, -0.2) is 209 Å². The maximum absolute atomic E-state index is 13.6. The zero-order valence-electron chi connectivity index (χ0n) is 74.9. The molecule has 3 fully saturated rings. The molecule has 0 aliphatic carbocycles. The minimum Gasteiger partial charge on any atom is -0.459 e. The Kier molecular flexibility index (Phi) is 50.4. The van der Waals surface area contributed by atoms with Gasteiger partial charge in [0.05, 0.1) is 54.8 Å². The van der Waals surface area contributed by atoms with Crippen molar-refractivity contribution >= 4 is 41.4 Å². The van der Waals surface area contributed by atoms with E-state index in [0.717, 1.165) is 96.3 Å². The molecule has 1 amide bonds. The molecule has 0 saturated carbocycles. The summed E-state index contributed by atoms with van der Waals surface area (Å²) in [5.74, 6) is 1.69. The summed E-state index contributed by atoms with van der Waals surface area (Å²) < 4.78 is 97.2. The smallest absolute Gasteiger partial charge is 0.408 e. The van der Waals surface area contributed by atoms with Crippen LogP contribution in [0.15, 0.2) is 91.0 Å². The largest absolute Gasteiger partial charge is 0.459 e. The van der Waals surface area contributed by atoms with Crippen LogP contribution < -0.4 is 5.32 Å². The van der Waals surface area contributed by atoms with Crippen molar-refractivity contribution in [3.8, 4) is 0 Å². The number of amides is 1. The number of esters is 3. The van der Waals surface area contributed by atoms with E-state index in [1.807, 2.05) is 54.6 Å². The molecule has 24 heteroatoms. The van der Waals surface area contributed by atoms with E-state index >= 15 is 0 Å². The molecule has 1 N–H and O–H groups in total. The van der Waals surface area contributed by atoms with Gasteiger partial charge in [-0.25, -0.2) is 19.2 Å². The van der Waals surface area contributed by atoms with Gasteiger partial charge in [0.1, 0.15) is 48.3 Å². The summed E-state index contributed by atoms with van der Waals surface area (Å²) in [5.41, 5.74) is -0.369. The zero-order valence-corrected chi connectivity index (χ0v) is 74.9. The molecule has 0 bridgehead atoms. The molecule has 6 rings (SSSR count). The second-order valence-corrected chi connectivity index (χ2v) is 34.7. The monoisotopic (exact) mass is 1690 g/mol. The zero-order chi connectivity index (χ0) is 86.8. The van der Waals surface area contributed by atoms with Crippen LogP contribution in [0, 0.1) is 53.3 Å². The van der Waals surface area contributed by atoms with Gasteiger partial charge in [-0.05, 0) is 189 Å². The molecule has 3 heterocycles. The predicted octanol–water partition coefficient (Wildman–Crippen LogP) is 17.9. The average Bonchev–Trinajstić information content (AvgIpc) is 0.824. The van der Waals surface area contributed by atoms with Crippen molar-refractivity contribution in [1.29, 1.82) is 0 Å². The maximum Gasteiger partial charge on any atom is 0.408 e. The Morgan fingerprint density at radius 1 is 0.300 bits per heavy atom. The van der Waals surface area contributed by atoms with E-state index in [2.05, 4.69) is 67.6 Å². The molecule has 15 atom stereocenters. The summed E-state index contributed by atoms with van der Waals surface area (Å²) in [6.45, 7) is 31.0. The van der Waals surface area contributed by atoms with Gasteiger partial charge >= 0.3 is 24.0 Å². The molecule has 15 unspecified atom stereocenters. The molecular weight excluding hydrogens is 1540 g/mol. The van der Waals surface area contributed by atoms with Gasteiger partial charge < -0.3 is 81.1 Å². The van der Waals surface area contributed by atoms with Gasteiger partial charge in [0.2, 0.25) is 0 Å². The molecule has 24 nitrogen and oxygen atoms in total. The van der Waals surface area contributed by atoms with Gasteiger partial charge in [0.25, 0.3) is 0 Å². The second kappa shape index (κ2) is 58.9. The van der Waals surface area contributed by atoms with Crippen LogP contribution in [0.3, 0.4) is 0 Å². The van der Waals surface area contributed by atoms with E-state index in [1.54, 1.807) is 57.2 Å². The van der Waals surface area contributed by atoms with Gasteiger partial charge in [0.15, 0.2) is 18.9 Å². The van der Waals surface area contributed by atoms with Gasteiger partial charge in [-0.1, -0.05) is 136 Å². The standard InChI is InChI=1S/C96H151NO23/c1-70-73(4)85(64-114-88(101)79-40-19-13-20-41-79)117-91(76(70)7)111-61-31-16-25-46-82(98)49-28-34-52-105-55-37-58-108-67-96(97-94(104)120-95(10,11)12,68-109-59-38-56-106-53-35-29-50-83(99)47-26-17-32-62-112-92-77(8)71(2)74(5)86(118-92)65-115-89(102)80-42-21-14-22-43-80)69-110-60-39-57-107-54-36-30-51-84(100)48-27-18-33-63-113-93-78(9)72(3)75(6)87(119-93)66-116-90(103)81-44-23-15-24-45-81/h13-15,19-24,40-45,70-78,85-87,91-93H,16-18,25-39,46-69H2,1-12H3,(H,97,104). The lowest BCUT2D eigenvalue weighted by atomic mass is 9.79. The number of hydrogen-bond acceptors (Lipinski definition) is 23. The minimum absolute atomic E-state index is 0.0669. The van der Waals surface area contributed by atoms with Crippen LogP contribution >= 0.6 is 0 Å². The third-order valence-corrected chi connectivity index (χ3v) is 23.9. The van der Waals surface area contributed by atoms with Crippen molar-refractivity contribution in [2.24, 2.45) is 53.3 Å². The van der Waals surface area contributed by atoms with Crippen molar-refractivity contribution < 1.29 is 109 Å². The third-order valence-electron chi connectivity index (χ3n) is 23.9. The number of ether oxygens (including phenoxy) is 16. The third kappa shape index (κ3) is 40.7. The Morgan fingerprint density at radius 2 is 0.550 bits per heavy atom. The lowest BCUT2D eigenvalue weighted by Crippen LogP contribution is -2.59. The Labute approximate surface area is 717 Å². The first-order valence-electron chi connectivity index (χ1n) is 45.4. The second-order valence-electron chi connectivity index (χ2n) is 34.7. The Morgan fingerprint density at radius 3 is 0.825 bits per heavy atom. The molecule has 3 aliphatic rings. The van der Waals surface area contributed by atoms with Crippen molar-refractivity contribution in [1.82, 2.24) is 5.32 Å². The Bertz CT molecular complexity index is 2970. The van der Waals surface area contributed by atoms with Gasteiger partial charge in [0, 0.05) is 136 Å². The van der Waals surface area contributed by atoms with Gasteiger partial charge in [-0.2, -0.15) is 0 Å². The van der Waals surface area contributed by atoms with Crippen LogP contribution in [0.25, 0.3) is 0 Å². The van der Waals surface area contributed by atoms with Crippen LogP contribution in [0.2, 0.25) is 0 Å². The van der Waals surface area contributed by atoms with Gasteiger partial charge in [-0.3, -0.25) is 14.4 Å². The summed E-state index contributed by atoms with van der Waals surface area (Å²) in [4.78, 5) is 90.0. The highest BCUT2D eigenvalue weighted by Gasteiger charge is 2.44. The Balaban J connectivity index is 0.843. The maximum atomic E-state index is 13.6. The van der Waals surface area contributed by atoms with E-state index < -0.39 is 36.1 Å². The normalized spacial score (nSPS) is 23.6. The molecule has 0 aromatic heterocycles. The average molecular weight is 1690 g/mol. The highest BCUT2D eigenvalue weighted by Crippen LogP contribution is 2.39. The lowest BCUT2D eigenvalue weighted by molar-refractivity contribution is -0.254. The van der Waals surface area contributed by atoms with Crippen LogP contribution in [0.1, 0.15) is 268 Å². The molecule has 0 spiro atoms. The molecule has 3 aromatic carbocycles. The predicted molar refractivity (Wildman–Crippen MR) is 459 cm³/mol. The highest BCUT2D eigenvalue weighted by molar-refractivity contribution is 5.90. The molecule has 678 valence electrons. The van der Waals surface area contributed by atoms with E-state index in [9.17, 15) is 33.6 Å². The first-order valence-corrected chi connectivity index (χ1v) is 45.4. The Hall–Kier alpha value is -6.13. The molecule has 120 heavy (non-hydrogen) atoms. The number of ketones is 3. The summed E-state index contributed by atoms with van der Waals surface area (Å²) in [7, 11) is 0. The number of Topliss-reactive ketones (excluding diaryl/α,β-unsaturated/α-hetero) is 3. The van der Waals surface area contributed by atoms with E-state index in [1.165, 1.54) is 0 Å². The summed E-state index contributed by atoms with van der Waals surface area (Å²) in [6.07, 6.45) is 14.2. The summed E-state index contributed by atoms with van der Waals surface area (Å²) in [5, 5.41) is 3.06. The quantitative estimate of drug-likeness (QED) is 0.0312. The topological polar surface area (TPSA) is 279 Å². The van der Waals surface area contributed by atoms with Crippen molar-refractivity contribution in [2.75, 3.05) is 119 Å². The number of carbonyl (C=O) groups excluding carboxylic acids is 7. The number of hydrogen-bond donors (Lipinski definition) is 1. The van der Waals surface area contributed by atoms with E-state index in [-0.39, 0.29) is 129 Å². The van der Waals surface area contributed by atoms with Crippen LogP contribution in [0.5, 0.6) is 0 Å². The molecule has 3 saturated heterocycles. The minimum atomic E-state index is -1.12. The number of carbonyl (C=O) groups is 7. The fourth-order valence-corrected chi connectivity index (χ4v) is 15.1. The molecule has 0 radical (unpaired) electrons. The van der Waals surface area contributed by atoms with E-state index in [0.29, 0.717) is 172 Å². The van der Waals surface area contributed by atoms with E-state index in [4.69, 9.17) is 75.8 Å². The molecule has 3 aromatic rings. The molecular formula is C96H151NO23. The number of unbranched alkanes of at least 4 members (excludes halogenated alkanes) is 9. The first-order chi connectivity index (χ1) is 57.8. The highest BCUT2D eigenvalue weighted by atomic mass is 16.7. The molecule has 3 aliphatic heterocycles. The van der Waals surface area contributed by atoms with Crippen molar-refractivity contribution in [2.45, 2.75) is 286 Å². The van der Waals surface area contributed by atoms with Crippen LogP contribution in [0.4, 0.5) is 4.79 Å². The summed E-state index contributed by atoms with van der Waals surface area (Å²) >= 11 is 0. The fourth-order valence-electron chi connectivity index (χ4n) is 15.1. The SMILES string of the molecule is CC1C(COC(=O)c2ccccc2)OC(OCCCCCC(=O)CCCCOCCCOCC(COCCCOCCCCC(=O)CCCCCOC2OC(COC(=O)c3ccccc3)C(C)C(C)C2C)(COCCCOCCCCC(=O)CCCCCOC2OC(COC(=O)c3ccccc3)C(C)C(C)C2C)NC(=O)OC(C)(C)C)C(C)C1C. The van der Waals surface area contributed by atoms with Crippen LogP contribution in [-0.2, 0) is 90.2 Å². The van der Waals surface area contributed by atoms with Crippen molar-refractivity contribution in [3.63, 3.8) is 0 Å². The number of nitrogens with one attached hydrogen (secondary N) is 1. The number of benzene rings is 3. The lowest BCUT2D eigenvalue weighted by Gasteiger charge is -2.43. The number of alkyl carbamates (subject to hydrolysis) is 1. The fraction of sp³-hybridized carbons (Fsp3) is 0.740. The number of rotatable bonds is 64. The first kappa shape index (κ1) is 103. The van der Waals surface area contributed by atoms with Crippen molar-refractivity contribution in [3.05, 3.63) is 108 Å². The van der Waals surface area contributed by atoms with Gasteiger partial charge in [-0.15, -0.1) is 0 Å². The summed E-state index contributed by atoms with van der Waals surface area (Å²) in [6, 6.07) is 26.9.